The van der Waals surface area contributed by atoms with E-state index in [1.54, 1.807) is 13.8 Å². The fraction of sp³-hybridized carbons (Fsp3) is 0.429. The second-order valence-corrected chi connectivity index (χ2v) is 7.86. The van der Waals surface area contributed by atoms with Crippen LogP contribution in [0.1, 0.15) is 19.4 Å². The van der Waals surface area contributed by atoms with E-state index in [9.17, 15) is 18.8 Å². The van der Waals surface area contributed by atoms with Gasteiger partial charge in [0, 0.05) is 12.6 Å². The van der Waals surface area contributed by atoms with E-state index < -0.39 is 28.6 Å². The van der Waals surface area contributed by atoms with E-state index in [0.29, 0.717) is 9.38 Å². The molecule has 9 heteroatoms. The summed E-state index contributed by atoms with van der Waals surface area (Å²) < 4.78 is 27.5. The van der Waals surface area contributed by atoms with Gasteiger partial charge in [0.05, 0.1) is 11.3 Å². The number of hydrogen-bond donors (Lipinski definition) is 2. The van der Waals surface area contributed by atoms with E-state index in [-0.39, 0.29) is 12.1 Å². The zero-order chi connectivity index (χ0) is 17.4. The molecule has 0 spiro atoms. The quantitative estimate of drug-likeness (QED) is 0.493. The van der Waals surface area contributed by atoms with Gasteiger partial charge in [-0.15, -0.1) is 0 Å². The van der Waals surface area contributed by atoms with Gasteiger partial charge in [-0.05, 0) is 26.0 Å². The number of benzene rings is 1. The standard InChI is InChI=1S/C14H17F2N3O2S2/c1-14(2)11(19(21)12(20)17-3)18(13(22)23-14)7-8-9(15)5-4-6-10(8)16/h4-6,11,21H,7H2,1-3H3,(H,17,20)/t11-/m1/s1. The Hall–Kier alpha value is -1.45. The Kier molecular flexibility index (Phi) is 5.12. The van der Waals surface area contributed by atoms with Gasteiger partial charge in [0.15, 0.2) is 0 Å². The van der Waals surface area contributed by atoms with Crippen molar-refractivity contribution >= 4 is 34.3 Å². The van der Waals surface area contributed by atoms with Crippen LogP contribution in [0.5, 0.6) is 0 Å². The lowest BCUT2D eigenvalue weighted by molar-refractivity contribution is -0.119. The maximum atomic E-state index is 13.9. The second kappa shape index (κ2) is 6.58. The molecule has 0 radical (unpaired) electrons. The number of hydroxylamine groups is 2. The highest BCUT2D eigenvalue weighted by Gasteiger charge is 2.49. The molecule has 1 aliphatic rings. The van der Waals surface area contributed by atoms with Crippen LogP contribution < -0.4 is 5.32 Å². The third-order valence-corrected chi connectivity index (χ3v) is 5.18. The van der Waals surface area contributed by atoms with Gasteiger partial charge in [0.1, 0.15) is 22.1 Å². The molecule has 0 bridgehead atoms. The summed E-state index contributed by atoms with van der Waals surface area (Å²) in [5.41, 5.74) is -0.163. The Labute approximate surface area is 142 Å². The van der Waals surface area contributed by atoms with Gasteiger partial charge in [-0.3, -0.25) is 5.21 Å². The molecule has 1 saturated heterocycles. The predicted octanol–water partition coefficient (Wildman–Crippen LogP) is 2.93. The first-order valence-corrected chi connectivity index (χ1v) is 8.04. The third-order valence-electron chi connectivity index (χ3n) is 3.55. The lowest BCUT2D eigenvalue weighted by atomic mass is 10.1. The van der Waals surface area contributed by atoms with Crippen LogP contribution in [0.2, 0.25) is 0 Å². The summed E-state index contributed by atoms with van der Waals surface area (Å²) in [5.74, 6) is -1.41. The molecule has 1 fully saturated rings. The number of thioether (sulfide) groups is 1. The van der Waals surface area contributed by atoms with Crippen molar-refractivity contribution in [3.05, 3.63) is 35.4 Å². The molecule has 1 atom stereocenters. The summed E-state index contributed by atoms with van der Waals surface area (Å²) >= 11 is 6.53. The Balaban J connectivity index is 2.38. The fourth-order valence-corrected chi connectivity index (χ4v) is 4.34. The Morgan fingerprint density at radius 2 is 2.04 bits per heavy atom. The topological polar surface area (TPSA) is 55.8 Å². The molecule has 1 aromatic rings. The molecular formula is C14H17F2N3O2S2. The molecule has 23 heavy (non-hydrogen) atoms. The van der Waals surface area contributed by atoms with Crippen LogP contribution in [0.4, 0.5) is 13.6 Å². The molecule has 0 unspecified atom stereocenters. The predicted molar refractivity (Wildman–Crippen MR) is 88.0 cm³/mol. The average Bonchev–Trinajstić information content (AvgIpc) is 2.70. The number of carbonyl (C=O) groups is 1. The highest BCUT2D eigenvalue weighted by Crippen LogP contribution is 2.43. The zero-order valence-electron chi connectivity index (χ0n) is 12.8. The van der Waals surface area contributed by atoms with Crippen LogP contribution in [0.25, 0.3) is 0 Å². The van der Waals surface area contributed by atoms with Gasteiger partial charge in [-0.1, -0.05) is 30.0 Å². The molecule has 2 N–H and O–H groups in total. The molecule has 2 amide bonds. The molecule has 2 rings (SSSR count). The Morgan fingerprint density at radius 3 is 2.57 bits per heavy atom. The fourth-order valence-electron chi connectivity index (χ4n) is 2.47. The number of carbonyl (C=O) groups excluding carboxylic acids is 1. The van der Waals surface area contributed by atoms with Crippen LogP contribution in [0.15, 0.2) is 18.2 Å². The smallest absolute Gasteiger partial charge is 0.339 e. The first kappa shape index (κ1) is 17.9. The number of amides is 2. The number of hydrogen-bond acceptors (Lipinski definition) is 4. The summed E-state index contributed by atoms with van der Waals surface area (Å²) in [6.07, 6.45) is -0.862. The molecular weight excluding hydrogens is 344 g/mol. The number of rotatable bonds is 3. The molecule has 126 valence electrons. The lowest BCUT2D eigenvalue weighted by Gasteiger charge is -2.36. The van der Waals surface area contributed by atoms with Crippen LogP contribution in [-0.4, -0.2) is 43.5 Å². The molecule has 1 aromatic carbocycles. The minimum Gasteiger partial charge on any atom is -0.339 e. The van der Waals surface area contributed by atoms with Crippen molar-refractivity contribution in [3.8, 4) is 0 Å². The van der Waals surface area contributed by atoms with Gasteiger partial charge < -0.3 is 10.2 Å². The van der Waals surface area contributed by atoms with E-state index in [4.69, 9.17) is 12.2 Å². The lowest BCUT2D eigenvalue weighted by Crippen LogP contribution is -2.56. The van der Waals surface area contributed by atoms with E-state index >= 15 is 0 Å². The maximum absolute atomic E-state index is 13.9. The minimum atomic E-state index is -0.862. The third kappa shape index (κ3) is 3.41. The number of halogens is 2. The first-order valence-electron chi connectivity index (χ1n) is 6.81. The van der Waals surface area contributed by atoms with Crippen molar-refractivity contribution in [1.29, 1.82) is 0 Å². The number of nitrogens with zero attached hydrogens (tertiary/aromatic N) is 2. The highest BCUT2D eigenvalue weighted by atomic mass is 32.2. The van der Waals surface area contributed by atoms with Crippen molar-refractivity contribution in [3.63, 3.8) is 0 Å². The average molecular weight is 361 g/mol. The molecule has 1 aliphatic heterocycles. The van der Waals surface area contributed by atoms with Crippen LogP contribution in [0.3, 0.4) is 0 Å². The summed E-state index contributed by atoms with van der Waals surface area (Å²) in [7, 11) is 1.37. The van der Waals surface area contributed by atoms with E-state index in [0.717, 1.165) is 12.1 Å². The SMILES string of the molecule is CNC(=O)N(O)[C@H]1N(Cc2c(F)cccc2F)C(=S)SC1(C)C. The number of thiocarbonyl (C=S) groups is 1. The number of nitrogens with one attached hydrogen (secondary N) is 1. The number of urea groups is 1. The van der Waals surface area contributed by atoms with Gasteiger partial charge >= 0.3 is 6.03 Å². The molecule has 0 saturated carbocycles. The van der Waals surface area contributed by atoms with Gasteiger partial charge in [0.25, 0.3) is 0 Å². The van der Waals surface area contributed by atoms with Gasteiger partial charge in [-0.25, -0.2) is 13.6 Å². The summed E-state index contributed by atoms with van der Waals surface area (Å²) in [6, 6.07) is 2.85. The van der Waals surface area contributed by atoms with Crippen LogP contribution in [-0.2, 0) is 6.54 Å². The highest BCUT2D eigenvalue weighted by molar-refractivity contribution is 8.24. The maximum Gasteiger partial charge on any atom is 0.342 e. The van der Waals surface area contributed by atoms with Crippen molar-refractivity contribution in [1.82, 2.24) is 15.3 Å². The summed E-state index contributed by atoms with van der Waals surface area (Å²) in [6.45, 7) is 3.39. The summed E-state index contributed by atoms with van der Waals surface area (Å²) in [5, 5.41) is 13.0. The second-order valence-electron chi connectivity index (χ2n) is 5.57. The zero-order valence-corrected chi connectivity index (χ0v) is 14.5. The van der Waals surface area contributed by atoms with E-state index in [1.807, 2.05) is 0 Å². The molecule has 0 aromatic heterocycles. The Morgan fingerprint density at radius 1 is 1.48 bits per heavy atom. The minimum absolute atomic E-state index is 0.163. The van der Waals surface area contributed by atoms with E-state index in [1.165, 1.54) is 29.8 Å². The molecule has 1 heterocycles. The van der Waals surface area contributed by atoms with Gasteiger partial charge in [0.2, 0.25) is 0 Å². The van der Waals surface area contributed by atoms with Crippen molar-refractivity contribution in [2.24, 2.45) is 0 Å². The van der Waals surface area contributed by atoms with Crippen LogP contribution >= 0.6 is 24.0 Å². The largest absolute Gasteiger partial charge is 0.342 e. The summed E-state index contributed by atoms with van der Waals surface area (Å²) in [4.78, 5) is 13.2. The Bertz CT molecular complexity index is 622. The molecule has 0 aliphatic carbocycles. The normalized spacial score (nSPS) is 19.8. The monoisotopic (exact) mass is 361 g/mol. The first-order chi connectivity index (χ1) is 10.7. The van der Waals surface area contributed by atoms with Crippen molar-refractivity contribution < 1.29 is 18.8 Å². The van der Waals surface area contributed by atoms with Crippen molar-refractivity contribution in [2.75, 3.05) is 7.05 Å². The van der Waals surface area contributed by atoms with Crippen molar-refractivity contribution in [2.45, 2.75) is 31.3 Å². The van der Waals surface area contributed by atoms with Gasteiger partial charge in [-0.2, -0.15) is 5.06 Å². The molecule has 5 nitrogen and oxygen atoms in total. The van der Waals surface area contributed by atoms with E-state index in [2.05, 4.69) is 5.32 Å². The van der Waals surface area contributed by atoms with Crippen LogP contribution in [0, 0.1) is 11.6 Å².